The van der Waals surface area contributed by atoms with Crippen molar-refractivity contribution in [3.8, 4) is 0 Å². The molecule has 120 valence electrons. The minimum absolute atomic E-state index is 0.00173. The van der Waals surface area contributed by atoms with Gasteiger partial charge in [-0.1, -0.05) is 41.8 Å². The van der Waals surface area contributed by atoms with Gasteiger partial charge in [0.1, 0.15) is 0 Å². The monoisotopic (exact) mass is 366 g/mol. The van der Waals surface area contributed by atoms with Crippen LogP contribution in [0.15, 0.2) is 22.7 Å². The maximum atomic E-state index is 12.2. The summed E-state index contributed by atoms with van der Waals surface area (Å²) < 4.78 is 0.977. The molecule has 22 heavy (non-hydrogen) atoms. The fraction of sp³-hybridized carbons (Fsp3) is 0.529. The Bertz CT molecular complexity index is 560. The van der Waals surface area contributed by atoms with E-state index >= 15 is 0 Å². The lowest BCUT2D eigenvalue weighted by molar-refractivity contribution is -0.126. The van der Waals surface area contributed by atoms with Crippen LogP contribution in [0.25, 0.3) is 0 Å². The fourth-order valence-electron chi connectivity index (χ4n) is 2.61. The van der Waals surface area contributed by atoms with E-state index in [1.165, 1.54) is 0 Å². The van der Waals surface area contributed by atoms with Crippen LogP contribution in [-0.4, -0.2) is 24.9 Å². The van der Waals surface area contributed by atoms with E-state index in [0.29, 0.717) is 19.5 Å². The van der Waals surface area contributed by atoms with Gasteiger partial charge in [-0.25, -0.2) is 0 Å². The molecule has 2 rings (SSSR count). The molecule has 1 aliphatic heterocycles. The highest BCUT2D eigenvalue weighted by Crippen LogP contribution is 2.29. The first-order chi connectivity index (χ1) is 10.5. The Labute approximate surface area is 140 Å². The Morgan fingerprint density at radius 2 is 2.18 bits per heavy atom. The molecular weight excluding hydrogens is 344 g/mol. The molecule has 0 spiro atoms. The van der Waals surface area contributed by atoms with Crippen molar-refractivity contribution in [1.29, 1.82) is 0 Å². The van der Waals surface area contributed by atoms with Crippen molar-refractivity contribution < 1.29 is 9.59 Å². The van der Waals surface area contributed by atoms with Gasteiger partial charge in [-0.15, -0.1) is 0 Å². The topological polar surface area (TPSA) is 49.4 Å². The van der Waals surface area contributed by atoms with Crippen LogP contribution in [0.1, 0.15) is 38.2 Å². The Hall–Kier alpha value is -1.36. The molecule has 5 heteroatoms. The molecule has 0 aliphatic carbocycles. The predicted octanol–water partition coefficient (Wildman–Crippen LogP) is 3.42. The summed E-state index contributed by atoms with van der Waals surface area (Å²) in [6.45, 7) is 5.31. The molecule has 1 aliphatic rings. The molecule has 0 saturated carbocycles. The van der Waals surface area contributed by atoms with Crippen LogP contribution in [0.5, 0.6) is 0 Å². The van der Waals surface area contributed by atoms with E-state index in [2.05, 4.69) is 28.2 Å². The second kappa shape index (κ2) is 7.77. The number of anilines is 1. The van der Waals surface area contributed by atoms with E-state index in [4.69, 9.17) is 0 Å². The average molecular weight is 367 g/mol. The third kappa shape index (κ3) is 4.09. The number of halogens is 1. The molecule has 1 aromatic carbocycles. The molecule has 1 unspecified atom stereocenters. The van der Waals surface area contributed by atoms with E-state index in [1.807, 2.05) is 25.1 Å². The van der Waals surface area contributed by atoms with Crippen molar-refractivity contribution in [2.45, 2.75) is 39.5 Å². The first-order valence-corrected chi connectivity index (χ1v) is 8.66. The predicted molar refractivity (Wildman–Crippen MR) is 91.9 cm³/mol. The van der Waals surface area contributed by atoms with Crippen LogP contribution in [-0.2, 0) is 9.59 Å². The summed E-state index contributed by atoms with van der Waals surface area (Å²) >= 11 is 3.49. The number of hydrogen-bond donors (Lipinski definition) is 1. The van der Waals surface area contributed by atoms with Gasteiger partial charge >= 0.3 is 0 Å². The molecular formula is C17H23BrN2O2. The highest BCUT2D eigenvalue weighted by atomic mass is 79.9. The first kappa shape index (κ1) is 17.0. The van der Waals surface area contributed by atoms with Crippen LogP contribution >= 0.6 is 15.9 Å². The zero-order valence-corrected chi connectivity index (χ0v) is 14.8. The highest BCUT2D eigenvalue weighted by molar-refractivity contribution is 9.10. The Morgan fingerprint density at radius 3 is 2.86 bits per heavy atom. The third-order valence-electron chi connectivity index (χ3n) is 4.04. The lowest BCUT2D eigenvalue weighted by Crippen LogP contribution is -2.33. The quantitative estimate of drug-likeness (QED) is 0.784. The van der Waals surface area contributed by atoms with Crippen molar-refractivity contribution in [1.82, 2.24) is 5.32 Å². The molecule has 1 heterocycles. The standard InChI is InChI=1S/C17H23BrN2O2/c1-3-4-5-8-19-17(22)13-9-16(21)20(11-13)14-7-6-12(2)15(18)10-14/h6-7,10,13H,3-5,8-9,11H2,1-2H3,(H,19,22). The summed E-state index contributed by atoms with van der Waals surface area (Å²) in [4.78, 5) is 26.1. The summed E-state index contributed by atoms with van der Waals surface area (Å²) in [6, 6.07) is 5.85. The van der Waals surface area contributed by atoms with Gasteiger partial charge in [-0.2, -0.15) is 0 Å². The number of unbranched alkanes of at least 4 members (excludes halogenated alkanes) is 2. The molecule has 4 nitrogen and oxygen atoms in total. The third-order valence-corrected chi connectivity index (χ3v) is 4.90. The van der Waals surface area contributed by atoms with Gasteiger partial charge in [-0.05, 0) is 31.0 Å². The molecule has 1 fully saturated rings. The second-order valence-electron chi connectivity index (χ2n) is 5.84. The van der Waals surface area contributed by atoms with Crippen molar-refractivity contribution in [2.24, 2.45) is 5.92 Å². The van der Waals surface area contributed by atoms with E-state index < -0.39 is 0 Å². The maximum absolute atomic E-state index is 12.2. The number of amides is 2. The number of carbonyl (C=O) groups excluding carboxylic acids is 2. The van der Waals surface area contributed by atoms with Gasteiger partial charge in [0.15, 0.2) is 0 Å². The Balaban J connectivity index is 1.95. The van der Waals surface area contributed by atoms with Gasteiger partial charge in [0.2, 0.25) is 11.8 Å². The summed E-state index contributed by atoms with van der Waals surface area (Å²) in [5.41, 5.74) is 1.98. The normalized spacial score (nSPS) is 17.9. The molecule has 0 bridgehead atoms. The van der Waals surface area contributed by atoms with E-state index in [0.717, 1.165) is 35.0 Å². The highest BCUT2D eigenvalue weighted by Gasteiger charge is 2.35. The minimum Gasteiger partial charge on any atom is -0.356 e. The molecule has 0 aromatic heterocycles. The number of carbonyl (C=O) groups is 2. The average Bonchev–Trinajstić information content (AvgIpc) is 2.88. The van der Waals surface area contributed by atoms with Crippen LogP contribution in [0, 0.1) is 12.8 Å². The molecule has 2 amide bonds. The number of nitrogens with one attached hydrogen (secondary N) is 1. The zero-order valence-electron chi connectivity index (χ0n) is 13.2. The van der Waals surface area contributed by atoms with Crippen molar-refractivity contribution >= 4 is 33.4 Å². The van der Waals surface area contributed by atoms with Crippen LogP contribution in [0.2, 0.25) is 0 Å². The summed E-state index contributed by atoms with van der Waals surface area (Å²) in [6.07, 6.45) is 3.55. The largest absolute Gasteiger partial charge is 0.356 e. The maximum Gasteiger partial charge on any atom is 0.227 e. The molecule has 1 atom stereocenters. The minimum atomic E-state index is -0.241. The smallest absolute Gasteiger partial charge is 0.227 e. The Kier molecular flexibility index (Phi) is 6.00. The van der Waals surface area contributed by atoms with Gasteiger partial charge in [0, 0.05) is 29.7 Å². The van der Waals surface area contributed by atoms with Gasteiger partial charge in [0.25, 0.3) is 0 Å². The number of hydrogen-bond acceptors (Lipinski definition) is 2. The second-order valence-corrected chi connectivity index (χ2v) is 6.69. The lowest BCUT2D eigenvalue weighted by Gasteiger charge is -2.17. The number of aryl methyl sites for hydroxylation is 1. The molecule has 1 saturated heterocycles. The zero-order chi connectivity index (χ0) is 16.1. The van der Waals surface area contributed by atoms with Crippen molar-refractivity contribution in [2.75, 3.05) is 18.0 Å². The SMILES string of the molecule is CCCCCNC(=O)C1CC(=O)N(c2ccc(C)c(Br)c2)C1. The molecule has 1 N–H and O–H groups in total. The van der Waals surface area contributed by atoms with Crippen molar-refractivity contribution in [3.05, 3.63) is 28.2 Å². The van der Waals surface area contributed by atoms with Crippen LogP contribution in [0.4, 0.5) is 5.69 Å². The number of nitrogens with zero attached hydrogens (tertiary/aromatic N) is 1. The van der Waals surface area contributed by atoms with Crippen molar-refractivity contribution in [3.63, 3.8) is 0 Å². The number of benzene rings is 1. The van der Waals surface area contributed by atoms with Crippen LogP contribution in [0.3, 0.4) is 0 Å². The number of rotatable bonds is 6. The summed E-state index contributed by atoms with van der Waals surface area (Å²) in [7, 11) is 0. The molecule has 1 aromatic rings. The lowest BCUT2D eigenvalue weighted by atomic mass is 10.1. The van der Waals surface area contributed by atoms with E-state index in [1.54, 1.807) is 4.90 Å². The van der Waals surface area contributed by atoms with Gasteiger partial charge in [0.05, 0.1) is 5.92 Å². The molecule has 0 radical (unpaired) electrons. The fourth-order valence-corrected chi connectivity index (χ4v) is 2.98. The van der Waals surface area contributed by atoms with Crippen LogP contribution < -0.4 is 10.2 Å². The summed E-state index contributed by atoms with van der Waals surface area (Å²) in [5.74, 6) is -0.225. The Morgan fingerprint density at radius 1 is 1.41 bits per heavy atom. The van der Waals surface area contributed by atoms with Gasteiger partial charge < -0.3 is 10.2 Å². The van der Waals surface area contributed by atoms with Gasteiger partial charge in [-0.3, -0.25) is 9.59 Å². The van der Waals surface area contributed by atoms with E-state index in [-0.39, 0.29) is 17.7 Å². The summed E-state index contributed by atoms with van der Waals surface area (Å²) in [5, 5.41) is 2.95. The van der Waals surface area contributed by atoms with E-state index in [9.17, 15) is 9.59 Å². The first-order valence-electron chi connectivity index (χ1n) is 7.87.